The zero-order valence-corrected chi connectivity index (χ0v) is 21.4. The molecule has 0 unspecified atom stereocenters. The van der Waals surface area contributed by atoms with E-state index in [9.17, 15) is 4.39 Å². The van der Waals surface area contributed by atoms with Crippen LogP contribution in [0, 0.1) is 5.82 Å². The van der Waals surface area contributed by atoms with E-state index in [4.69, 9.17) is 26.1 Å². The Hall–Kier alpha value is -3.44. The topological polar surface area (TPSA) is 98.2 Å². The average molecular weight is 528 g/mol. The molecule has 0 radical (unpaired) electrons. The lowest BCUT2D eigenvalue weighted by atomic mass is 10.1. The van der Waals surface area contributed by atoms with Crippen LogP contribution in [0.4, 0.5) is 16.0 Å². The first-order valence-electron chi connectivity index (χ1n) is 11.2. The highest BCUT2D eigenvalue weighted by atomic mass is 35.5. The predicted molar refractivity (Wildman–Crippen MR) is 138 cm³/mol. The van der Waals surface area contributed by atoms with Crippen LogP contribution in [-0.4, -0.2) is 51.4 Å². The Morgan fingerprint density at radius 2 is 2.06 bits per heavy atom. The second-order valence-corrected chi connectivity index (χ2v) is 9.16. The quantitative estimate of drug-likeness (QED) is 0.203. The summed E-state index contributed by atoms with van der Waals surface area (Å²) in [6.07, 6.45) is 5.11. The lowest BCUT2D eigenvalue weighted by Crippen LogP contribution is -2.31. The van der Waals surface area contributed by atoms with E-state index < -0.39 is 5.82 Å². The molecule has 4 heterocycles. The van der Waals surface area contributed by atoms with Crippen LogP contribution in [0.25, 0.3) is 10.9 Å². The molecule has 0 spiro atoms. The number of rotatable bonds is 7. The van der Waals surface area contributed by atoms with E-state index >= 15 is 0 Å². The van der Waals surface area contributed by atoms with Gasteiger partial charge in [-0.1, -0.05) is 35.5 Å². The molecule has 1 atom stereocenters. The van der Waals surface area contributed by atoms with Gasteiger partial charge < -0.3 is 19.7 Å². The van der Waals surface area contributed by atoms with Gasteiger partial charge in [-0.05, 0) is 30.9 Å². The van der Waals surface area contributed by atoms with Crippen molar-refractivity contribution in [3.63, 3.8) is 0 Å². The maximum Gasteiger partial charge on any atom is 0.228 e. The van der Waals surface area contributed by atoms with Crippen molar-refractivity contribution in [1.82, 2.24) is 24.9 Å². The molecule has 9 nitrogen and oxygen atoms in total. The van der Waals surface area contributed by atoms with E-state index in [1.54, 1.807) is 13.3 Å². The Balaban J connectivity index is 1.52. The zero-order chi connectivity index (χ0) is 25.2. The summed E-state index contributed by atoms with van der Waals surface area (Å²) in [7, 11) is 1.64. The minimum atomic E-state index is -0.697. The molecule has 12 heteroatoms. The molecule has 1 aliphatic rings. The number of nitrogens with one attached hydrogen (secondary N) is 1. The first kappa shape index (κ1) is 24.3. The molecule has 1 aliphatic heterocycles. The minimum absolute atomic E-state index is 0.0839. The number of benzene rings is 1. The van der Waals surface area contributed by atoms with E-state index in [0.717, 1.165) is 16.9 Å². The Morgan fingerprint density at radius 3 is 2.81 bits per heavy atom. The second kappa shape index (κ2) is 10.3. The second-order valence-electron chi connectivity index (χ2n) is 8.03. The van der Waals surface area contributed by atoms with Crippen LogP contribution >= 0.6 is 23.4 Å². The first-order valence-corrected chi connectivity index (χ1v) is 12.8. The number of hydrogen-bond donors (Lipinski definition) is 1. The van der Waals surface area contributed by atoms with Gasteiger partial charge in [0.2, 0.25) is 5.88 Å². The van der Waals surface area contributed by atoms with Gasteiger partial charge in [-0.3, -0.25) is 0 Å². The normalized spacial score (nSPS) is 13.8. The third-order valence-electron chi connectivity index (χ3n) is 5.97. The molecule has 3 aromatic heterocycles. The van der Waals surface area contributed by atoms with Crippen molar-refractivity contribution in [3.8, 4) is 11.6 Å². The maximum absolute atomic E-state index is 15.0. The highest BCUT2D eigenvalue weighted by Gasteiger charge is 2.30. The van der Waals surface area contributed by atoms with E-state index in [1.807, 2.05) is 42.3 Å². The van der Waals surface area contributed by atoms with Crippen LogP contribution in [0.3, 0.4) is 0 Å². The van der Waals surface area contributed by atoms with Gasteiger partial charge in [0.25, 0.3) is 0 Å². The minimum Gasteiger partial charge on any atom is -0.497 e. The van der Waals surface area contributed by atoms with Gasteiger partial charge >= 0.3 is 0 Å². The number of anilines is 2. The van der Waals surface area contributed by atoms with Gasteiger partial charge in [-0.2, -0.15) is 4.98 Å². The standard InChI is InChI=1S/C24H23ClFN7O2S/c1-13(16-11-27-12-29-21(16)28-10-14-4-6-15(34-2)7-5-14)33-8-9-35-23-17-19(18(26)20(25)31-23)30-24(36-3)32-22(17)33/h4-7,11-13H,8-10H2,1-3H3,(H,27,28,29)/t13-/m1/s1. The monoisotopic (exact) mass is 527 g/mol. The fraction of sp³-hybridized carbons (Fsp3) is 0.292. The SMILES string of the molecule is COc1ccc(CNc2ncncc2[C@@H](C)N2CCOc3nc(Cl)c(F)c4nc(SC)nc2c34)cc1. The van der Waals surface area contributed by atoms with Gasteiger partial charge in [0, 0.05) is 18.3 Å². The molecule has 0 saturated carbocycles. The third-order valence-corrected chi connectivity index (χ3v) is 6.77. The van der Waals surface area contributed by atoms with Crippen molar-refractivity contribution in [2.45, 2.75) is 24.7 Å². The van der Waals surface area contributed by atoms with Crippen molar-refractivity contribution in [2.75, 3.05) is 36.7 Å². The van der Waals surface area contributed by atoms with Crippen LogP contribution in [0.2, 0.25) is 5.15 Å². The molecule has 1 N–H and O–H groups in total. The number of aromatic nitrogens is 5. The molecule has 186 valence electrons. The third kappa shape index (κ3) is 4.56. The van der Waals surface area contributed by atoms with Gasteiger partial charge in [-0.25, -0.2) is 24.3 Å². The van der Waals surface area contributed by atoms with E-state index in [2.05, 4.69) is 25.3 Å². The van der Waals surface area contributed by atoms with Gasteiger partial charge in [0.15, 0.2) is 16.1 Å². The molecular formula is C24H23ClFN7O2S. The van der Waals surface area contributed by atoms with Crippen molar-refractivity contribution in [1.29, 1.82) is 0 Å². The summed E-state index contributed by atoms with van der Waals surface area (Å²) >= 11 is 7.36. The molecule has 4 aromatic rings. The van der Waals surface area contributed by atoms with E-state index in [-0.39, 0.29) is 22.6 Å². The molecule has 0 saturated heterocycles. The fourth-order valence-corrected chi connectivity index (χ4v) is 4.62. The number of halogens is 2. The smallest absolute Gasteiger partial charge is 0.228 e. The number of pyridine rings is 1. The first-order chi connectivity index (χ1) is 17.5. The molecule has 0 aliphatic carbocycles. The Kier molecular flexibility index (Phi) is 6.92. The Labute approximate surface area is 216 Å². The molecule has 36 heavy (non-hydrogen) atoms. The van der Waals surface area contributed by atoms with Gasteiger partial charge in [-0.15, -0.1) is 0 Å². The van der Waals surface area contributed by atoms with Crippen molar-refractivity contribution in [3.05, 3.63) is 58.9 Å². The van der Waals surface area contributed by atoms with Crippen LogP contribution in [0.5, 0.6) is 11.6 Å². The summed E-state index contributed by atoms with van der Waals surface area (Å²) in [6.45, 7) is 3.37. The van der Waals surface area contributed by atoms with Crippen LogP contribution in [-0.2, 0) is 6.54 Å². The highest BCUT2D eigenvalue weighted by Crippen LogP contribution is 2.41. The maximum atomic E-state index is 15.0. The summed E-state index contributed by atoms with van der Waals surface area (Å²) < 4.78 is 26.1. The Morgan fingerprint density at radius 1 is 1.25 bits per heavy atom. The number of nitrogens with zero attached hydrogens (tertiary/aromatic N) is 6. The molecule has 5 rings (SSSR count). The van der Waals surface area contributed by atoms with E-state index in [0.29, 0.717) is 41.9 Å². The molecule has 0 fully saturated rings. The predicted octanol–water partition coefficient (Wildman–Crippen LogP) is 4.91. The van der Waals surface area contributed by atoms with Gasteiger partial charge in [0.05, 0.1) is 19.7 Å². The highest BCUT2D eigenvalue weighted by molar-refractivity contribution is 7.98. The summed E-state index contributed by atoms with van der Waals surface area (Å²) in [5, 5.41) is 3.94. The summed E-state index contributed by atoms with van der Waals surface area (Å²) in [6, 6.07) is 7.59. The number of methoxy groups -OCH3 is 1. The summed E-state index contributed by atoms with van der Waals surface area (Å²) in [5.74, 6) is 1.53. The molecule has 0 amide bonds. The number of ether oxygens (including phenoxy) is 2. The van der Waals surface area contributed by atoms with Crippen LogP contribution in [0.15, 0.2) is 41.9 Å². The largest absolute Gasteiger partial charge is 0.497 e. The summed E-state index contributed by atoms with van der Waals surface area (Å²) in [4.78, 5) is 24.0. The van der Waals surface area contributed by atoms with Crippen LogP contribution in [0.1, 0.15) is 24.1 Å². The van der Waals surface area contributed by atoms with Gasteiger partial charge in [0.1, 0.15) is 41.2 Å². The Bertz CT molecular complexity index is 1410. The van der Waals surface area contributed by atoms with E-state index in [1.165, 1.54) is 18.1 Å². The van der Waals surface area contributed by atoms with Crippen LogP contribution < -0.4 is 19.7 Å². The zero-order valence-electron chi connectivity index (χ0n) is 19.8. The van der Waals surface area contributed by atoms with Crippen molar-refractivity contribution >= 4 is 45.9 Å². The van der Waals surface area contributed by atoms with Crippen molar-refractivity contribution < 1.29 is 13.9 Å². The molecule has 0 bridgehead atoms. The summed E-state index contributed by atoms with van der Waals surface area (Å²) in [5.41, 5.74) is 2.01. The fourth-order valence-electron chi connectivity index (χ4n) is 4.09. The molecular weight excluding hydrogens is 505 g/mol. The average Bonchev–Trinajstić information content (AvgIpc) is 3.10. The van der Waals surface area contributed by atoms with Crippen molar-refractivity contribution in [2.24, 2.45) is 0 Å². The lowest BCUT2D eigenvalue weighted by Gasteiger charge is -2.30. The number of thioether (sulfide) groups is 1. The molecule has 1 aromatic carbocycles. The lowest BCUT2D eigenvalue weighted by molar-refractivity contribution is 0.316. The number of hydrogen-bond acceptors (Lipinski definition) is 10.